The summed E-state index contributed by atoms with van der Waals surface area (Å²) < 4.78 is 4.12. The number of fused-ring (bicyclic) bond motifs is 2. The summed E-state index contributed by atoms with van der Waals surface area (Å²) in [7, 11) is 13.2. The van der Waals surface area contributed by atoms with Crippen LogP contribution < -0.4 is 10.0 Å². The number of hydrogen-bond donors (Lipinski definition) is 0. The Bertz CT molecular complexity index is 1590. The second-order valence-corrected chi connectivity index (χ2v) is 16.0. The van der Waals surface area contributed by atoms with Crippen molar-refractivity contribution in [3.8, 4) is 0 Å². The molecular formula is C37H51ClN4O3+2. The minimum Gasteiger partial charge on any atom is -0.545 e. The average Bonchev–Trinajstić information content (AvgIpc) is 3.25. The highest BCUT2D eigenvalue weighted by molar-refractivity contribution is 6.67. The minimum atomic E-state index is -1.16. The molecule has 4 rings (SSSR count). The van der Waals surface area contributed by atoms with Gasteiger partial charge in [-0.1, -0.05) is 19.9 Å². The summed E-state index contributed by atoms with van der Waals surface area (Å²) in [6, 6.07) is 11.1. The molecule has 2 aliphatic rings. The SMILES string of the molecule is CC1(C)C(/C=C/C=C2/N(CCC[N+](C)(C)C)c3ccc(C(=O)Cl)cc3C2(C)C)=[N+](CCC[N+](C)(C)C)c2ccc(C(=O)[O-])cc21. The van der Waals surface area contributed by atoms with Gasteiger partial charge in [-0.3, -0.25) is 4.79 Å². The number of halogens is 1. The van der Waals surface area contributed by atoms with Crippen LogP contribution in [0, 0.1) is 0 Å². The second kappa shape index (κ2) is 12.5. The lowest BCUT2D eigenvalue weighted by Crippen LogP contribution is -2.37. The van der Waals surface area contributed by atoms with Crippen LogP contribution in [0.25, 0.3) is 0 Å². The van der Waals surface area contributed by atoms with Gasteiger partial charge < -0.3 is 23.8 Å². The highest BCUT2D eigenvalue weighted by Crippen LogP contribution is 2.48. The summed E-state index contributed by atoms with van der Waals surface area (Å²) >= 11 is 5.90. The number of rotatable bonds is 12. The van der Waals surface area contributed by atoms with E-state index in [1.54, 1.807) is 12.1 Å². The zero-order chi connectivity index (χ0) is 33.5. The maximum Gasteiger partial charge on any atom is 0.252 e. The molecule has 7 nitrogen and oxygen atoms in total. The number of carbonyl (C=O) groups is 2. The van der Waals surface area contributed by atoms with E-state index in [0.29, 0.717) is 5.56 Å². The fourth-order valence-electron chi connectivity index (χ4n) is 6.72. The molecule has 2 heterocycles. The van der Waals surface area contributed by atoms with E-state index in [2.05, 4.69) is 97.7 Å². The van der Waals surface area contributed by atoms with E-state index < -0.39 is 16.6 Å². The van der Waals surface area contributed by atoms with Crippen LogP contribution in [-0.4, -0.2) is 98.9 Å². The smallest absolute Gasteiger partial charge is 0.252 e. The molecule has 0 saturated heterocycles. The van der Waals surface area contributed by atoms with Crippen LogP contribution in [0.5, 0.6) is 0 Å². The molecule has 0 N–H and O–H groups in total. The van der Waals surface area contributed by atoms with Gasteiger partial charge in [-0.25, -0.2) is 0 Å². The molecule has 2 aliphatic heterocycles. The van der Waals surface area contributed by atoms with Gasteiger partial charge in [0.15, 0.2) is 12.3 Å². The summed E-state index contributed by atoms with van der Waals surface area (Å²) in [5.74, 6) is -1.16. The summed E-state index contributed by atoms with van der Waals surface area (Å²) in [6.45, 7) is 12.5. The second-order valence-electron chi connectivity index (χ2n) is 15.6. The Morgan fingerprint density at radius 1 is 0.867 bits per heavy atom. The Balaban J connectivity index is 1.77. The first-order valence-corrected chi connectivity index (χ1v) is 16.2. The zero-order valence-electron chi connectivity index (χ0n) is 28.8. The van der Waals surface area contributed by atoms with Crippen molar-refractivity contribution in [2.24, 2.45) is 0 Å². The summed E-state index contributed by atoms with van der Waals surface area (Å²) in [6.07, 6.45) is 8.53. The van der Waals surface area contributed by atoms with Gasteiger partial charge in [-0.05, 0) is 73.0 Å². The van der Waals surface area contributed by atoms with Crippen molar-refractivity contribution in [1.82, 2.24) is 0 Å². The summed E-state index contributed by atoms with van der Waals surface area (Å²) in [5, 5.41) is 11.3. The van der Waals surface area contributed by atoms with Gasteiger partial charge in [0.05, 0.1) is 73.2 Å². The molecule has 0 aliphatic carbocycles. The molecule has 45 heavy (non-hydrogen) atoms. The van der Waals surface area contributed by atoms with Gasteiger partial charge in [0.25, 0.3) is 5.24 Å². The third-order valence-corrected chi connectivity index (χ3v) is 9.39. The first kappa shape index (κ1) is 34.6. The van der Waals surface area contributed by atoms with Gasteiger partial charge in [0.1, 0.15) is 0 Å². The standard InChI is InChI=1S/C37H51ClN4O3/c1-36(2)28-24-26(34(38)43)16-18-30(28)39(20-12-22-41(5,6)7)32(36)14-11-15-33-37(3,4)29-25-27(35(44)45)17-19-31(29)40(33)21-13-23-42(8,9)10/h11,14-19,24-25H,12-13,20-23H2,1-10H3/q+2. The van der Waals surface area contributed by atoms with E-state index in [0.717, 1.165) is 76.2 Å². The quantitative estimate of drug-likeness (QED) is 0.182. The van der Waals surface area contributed by atoms with Crippen LogP contribution in [0.3, 0.4) is 0 Å². The predicted octanol–water partition coefficient (Wildman–Crippen LogP) is 5.24. The molecule has 2 aromatic rings. The molecule has 0 fully saturated rings. The number of carboxylic acids is 1. The predicted molar refractivity (Wildman–Crippen MR) is 183 cm³/mol. The van der Waals surface area contributed by atoms with Crippen LogP contribution in [0.2, 0.25) is 0 Å². The van der Waals surface area contributed by atoms with Crippen molar-refractivity contribution < 1.29 is 28.2 Å². The molecule has 0 spiro atoms. The Hall–Kier alpha value is -3.26. The maximum absolute atomic E-state index is 12.1. The van der Waals surface area contributed by atoms with Crippen LogP contribution in [0.15, 0.2) is 60.3 Å². The molecule has 0 radical (unpaired) electrons. The Labute approximate surface area is 274 Å². The molecule has 2 aromatic carbocycles. The molecular weight excluding hydrogens is 584 g/mol. The lowest BCUT2D eigenvalue weighted by molar-refractivity contribution is -0.871. The van der Waals surface area contributed by atoms with Crippen LogP contribution in [0.1, 0.15) is 72.4 Å². The van der Waals surface area contributed by atoms with E-state index in [1.165, 1.54) is 5.70 Å². The Kier molecular flexibility index (Phi) is 9.61. The largest absolute Gasteiger partial charge is 0.545 e. The van der Waals surface area contributed by atoms with E-state index in [4.69, 9.17) is 11.6 Å². The molecule has 8 heteroatoms. The number of aromatic carboxylic acids is 1. The van der Waals surface area contributed by atoms with E-state index in [-0.39, 0.29) is 11.0 Å². The zero-order valence-corrected chi connectivity index (χ0v) is 29.6. The first-order valence-electron chi connectivity index (χ1n) is 15.9. The molecule has 0 unspecified atom stereocenters. The molecule has 242 valence electrons. The van der Waals surface area contributed by atoms with E-state index >= 15 is 0 Å². The monoisotopic (exact) mass is 634 g/mol. The summed E-state index contributed by atoms with van der Waals surface area (Å²) in [5.41, 5.74) is 6.51. The van der Waals surface area contributed by atoms with Crippen LogP contribution >= 0.6 is 11.6 Å². The van der Waals surface area contributed by atoms with Crippen molar-refractivity contribution in [2.45, 2.75) is 51.4 Å². The number of carboxylic acid groups (broad SMARTS) is 1. The van der Waals surface area contributed by atoms with Crippen molar-refractivity contribution in [3.05, 3.63) is 82.6 Å². The van der Waals surface area contributed by atoms with Crippen molar-refractivity contribution in [2.75, 3.05) is 73.4 Å². The fourth-order valence-corrected chi connectivity index (χ4v) is 6.84. The Morgan fingerprint density at radius 2 is 1.47 bits per heavy atom. The third kappa shape index (κ3) is 7.43. The van der Waals surface area contributed by atoms with Gasteiger partial charge in [-0.15, -0.1) is 0 Å². The van der Waals surface area contributed by atoms with Crippen molar-refractivity contribution in [3.63, 3.8) is 0 Å². The number of nitrogens with zero attached hydrogens (tertiary/aromatic N) is 4. The number of anilines is 1. The topological polar surface area (TPSA) is 63.5 Å². The normalized spacial score (nSPS) is 18.2. The van der Waals surface area contributed by atoms with Gasteiger partial charge in [0.2, 0.25) is 5.69 Å². The number of carbonyl (C=O) groups excluding carboxylic acids is 2. The van der Waals surface area contributed by atoms with Crippen molar-refractivity contribution in [1.29, 1.82) is 0 Å². The maximum atomic E-state index is 12.1. The van der Waals surface area contributed by atoms with Crippen molar-refractivity contribution >= 4 is 39.9 Å². The molecule has 0 aromatic heterocycles. The number of quaternary nitrogens is 2. The number of hydrogen-bond acceptors (Lipinski definition) is 4. The average molecular weight is 635 g/mol. The van der Waals surface area contributed by atoms with Crippen LogP contribution in [0.4, 0.5) is 11.4 Å². The Morgan fingerprint density at radius 3 is 2.07 bits per heavy atom. The molecule has 0 amide bonds. The molecule has 0 saturated carbocycles. The number of allylic oxidation sites excluding steroid dienone is 4. The van der Waals surface area contributed by atoms with E-state index in [9.17, 15) is 14.7 Å². The lowest BCUT2D eigenvalue weighted by Gasteiger charge is -2.29. The first-order chi connectivity index (χ1) is 20.7. The third-order valence-electron chi connectivity index (χ3n) is 9.18. The fraction of sp³-hybridized carbons (Fsp3) is 0.486. The number of benzene rings is 2. The molecule has 0 bridgehead atoms. The lowest BCUT2D eigenvalue weighted by atomic mass is 9.80. The highest BCUT2D eigenvalue weighted by atomic mass is 35.5. The molecule has 0 atom stereocenters. The highest BCUT2D eigenvalue weighted by Gasteiger charge is 2.45. The van der Waals surface area contributed by atoms with Gasteiger partial charge in [0, 0.05) is 53.0 Å². The van der Waals surface area contributed by atoms with Gasteiger partial charge >= 0.3 is 0 Å². The van der Waals surface area contributed by atoms with E-state index in [1.807, 2.05) is 24.3 Å². The van der Waals surface area contributed by atoms with Crippen LogP contribution in [-0.2, 0) is 10.8 Å². The minimum absolute atomic E-state index is 0.199. The summed E-state index contributed by atoms with van der Waals surface area (Å²) in [4.78, 5) is 26.2. The van der Waals surface area contributed by atoms with Gasteiger partial charge in [-0.2, -0.15) is 4.58 Å².